The number of hydrogen-bond acceptors (Lipinski definition) is 2. The quantitative estimate of drug-likeness (QED) is 0.922. The van der Waals surface area contributed by atoms with Crippen LogP contribution in [0.4, 0.5) is 5.69 Å². The Balaban J connectivity index is 2.20. The highest BCUT2D eigenvalue weighted by Crippen LogP contribution is 2.24. The van der Waals surface area contributed by atoms with Crippen molar-refractivity contribution in [2.45, 2.75) is 12.7 Å². The molecule has 0 aliphatic carbocycles. The van der Waals surface area contributed by atoms with Crippen molar-refractivity contribution in [1.82, 2.24) is 0 Å². The molecule has 0 aliphatic heterocycles. The van der Waals surface area contributed by atoms with Crippen LogP contribution < -0.4 is 4.72 Å². The predicted octanol–water partition coefficient (Wildman–Crippen LogP) is 3.70. The molecule has 2 aromatic rings. The van der Waals surface area contributed by atoms with Gasteiger partial charge in [-0.05, 0) is 30.2 Å². The van der Waals surface area contributed by atoms with Crippen molar-refractivity contribution in [2.75, 3.05) is 4.72 Å². The van der Waals surface area contributed by atoms with Crippen molar-refractivity contribution >= 4 is 31.6 Å². The van der Waals surface area contributed by atoms with E-state index in [1.54, 1.807) is 24.3 Å². The molecule has 0 unspecified atom stereocenters. The molecule has 0 heterocycles. The molecule has 0 spiro atoms. The van der Waals surface area contributed by atoms with Crippen molar-refractivity contribution in [2.24, 2.45) is 0 Å². The Labute approximate surface area is 121 Å². The highest BCUT2D eigenvalue weighted by atomic mass is 79.9. The minimum atomic E-state index is -3.40. The topological polar surface area (TPSA) is 46.2 Å². The van der Waals surface area contributed by atoms with E-state index in [0.29, 0.717) is 5.69 Å². The molecule has 0 fully saturated rings. The average Bonchev–Trinajstić information content (AvgIpc) is 2.35. The molecule has 0 amide bonds. The van der Waals surface area contributed by atoms with Crippen molar-refractivity contribution in [3.63, 3.8) is 0 Å². The zero-order valence-corrected chi connectivity index (χ0v) is 12.8. The Morgan fingerprint density at radius 2 is 1.74 bits per heavy atom. The second-order valence-corrected chi connectivity index (χ2v) is 6.84. The lowest BCUT2D eigenvalue weighted by Gasteiger charge is -2.11. The Hall–Kier alpha value is -1.33. The Kier molecular flexibility index (Phi) is 4.27. The lowest BCUT2D eigenvalue weighted by molar-refractivity contribution is 0.600. The first kappa shape index (κ1) is 14.1. The first-order valence-corrected chi connectivity index (χ1v) is 8.22. The Morgan fingerprint density at radius 3 is 2.42 bits per heavy atom. The number of hydrogen-bond donors (Lipinski definition) is 1. The molecule has 1 N–H and O–H groups in total. The van der Waals surface area contributed by atoms with Gasteiger partial charge in [-0.3, -0.25) is 4.72 Å². The van der Waals surface area contributed by atoms with Crippen molar-refractivity contribution in [3.05, 3.63) is 64.1 Å². The molecule has 2 rings (SSSR count). The van der Waals surface area contributed by atoms with Gasteiger partial charge in [0.2, 0.25) is 10.0 Å². The third-order valence-corrected chi connectivity index (χ3v) is 4.84. The molecule has 2 aromatic carbocycles. The third-order valence-electron chi connectivity index (χ3n) is 2.73. The van der Waals surface area contributed by atoms with Crippen LogP contribution in [0.5, 0.6) is 0 Å². The zero-order valence-electron chi connectivity index (χ0n) is 10.4. The van der Waals surface area contributed by atoms with Gasteiger partial charge in [-0.2, -0.15) is 0 Å². The number of halogens is 1. The van der Waals surface area contributed by atoms with Crippen LogP contribution in [0.2, 0.25) is 0 Å². The van der Waals surface area contributed by atoms with E-state index in [-0.39, 0.29) is 5.75 Å². The maximum atomic E-state index is 12.1. The van der Waals surface area contributed by atoms with E-state index in [0.717, 1.165) is 15.6 Å². The van der Waals surface area contributed by atoms with Crippen molar-refractivity contribution < 1.29 is 8.42 Å². The van der Waals surface area contributed by atoms with Gasteiger partial charge in [-0.15, -0.1) is 0 Å². The van der Waals surface area contributed by atoms with Crippen LogP contribution in [0.3, 0.4) is 0 Å². The van der Waals surface area contributed by atoms with E-state index < -0.39 is 10.0 Å². The van der Waals surface area contributed by atoms with Gasteiger partial charge in [0.15, 0.2) is 0 Å². The molecule has 100 valence electrons. The Bertz CT molecular complexity index is 669. The van der Waals surface area contributed by atoms with E-state index in [1.165, 1.54) is 0 Å². The summed E-state index contributed by atoms with van der Waals surface area (Å²) in [6, 6.07) is 14.6. The predicted molar refractivity (Wildman–Crippen MR) is 81.6 cm³/mol. The SMILES string of the molecule is Cc1c(Br)cccc1NS(=O)(=O)Cc1ccccc1. The normalized spacial score (nSPS) is 11.3. The number of sulfonamides is 1. The second kappa shape index (κ2) is 5.75. The fourth-order valence-electron chi connectivity index (χ4n) is 1.72. The summed E-state index contributed by atoms with van der Waals surface area (Å²) in [4.78, 5) is 0. The van der Waals surface area contributed by atoms with Crippen molar-refractivity contribution in [1.29, 1.82) is 0 Å². The average molecular weight is 340 g/mol. The van der Waals surface area contributed by atoms with E-state index in [2.05, 4.69) is 20.7 Å². The minimum absolute atomic E-state index is 0.0280. The van der Waals surface area contributed by atoms with Crippen LogP contribution in [-0.2, 0) is 15.8 Å². The second-order valence-electron chi connectivity index (χ2n) is 4.26. The highest BCUT2D eigenvalue weighted by Gasteiger charge is 2.13. The van der Waals surface area contributed by atoms with Gasteiger partial charge in [0.1, 0.15) is 0 Å². The number of benzene rings is 2. The number of anilines is 1. The summed E-state index contributed by atoms with van der Waals surface area (Å²) in [7, 11) is -3.40. The van der Waals surface area contributed by atoms with E-state index in [4.69, 9.17) is 0 Å². The molecule has 0 saturated carbocycles. The van der Waals surface area contributed by atoms with Gasteiger partial charge in [0.25, 0.3) is 0 Å². The molecule has 0 atom stereocenters. The summed E-state index contributed by atoms with van der Waals surface area (Å²) in [5, 5.41) is 0. The van der Waals surface area contributed by atoms with Gasteiger partial charge in [0.05, 0.1) is 11.4 Å². The third kappa shape index (κ3) is 3.81. The van der Waals surface area contributed by atoms with Crippen molar-refractivity contribution in [3.8, 4) is 0 Å². The molecule has 0 saturated heterocycles. The first-order valence-electron chi connectivity index (χ1n) is 5.77. The van der Waals surface area contributed by atoms with Gasteiger partial charge in [-0.25, -0.2) is 8.42 Å². The minimum Gasteiger partial charge on any atom is -0.283 e. The summed E-state index contributed by atoms with van der Waals surface area (Å²) in [5.41, 5.74) is 2.24. The van der Waals surface area contributed by atoms with Gasteiger partial charge < -0.3 is 0 Å². The van der Waals surface area contributed by atoms with Gasteiger partial charge in [0, 0.05) is 4.47 Å². The molecule has 3 nitrogen and oxygen atoms in total. The van der Waals surface area contributed by atoms with Crippen LogP contribution in [0.1, 0.15) is 11.1 Å². The molecular formula is C14H14BrNO2S. The van der Waals surface area contributed by atoms with Crippen LogP contribution in [-0.4, -0.2) is 8.42 Å². The summed E-state index contributed by atoms with van der Waals surface area (Å²) in [6.45, 7) is 1.87. The van der Waals surface area contributed by atoms with Gasteiger partial charge in [-0.1, -0.05) is 52.3 Å². The smallest absolute Gasteiger partial charge is 0.236 e. The first-order chi connectivity index (χ1) is 8.98. The van der Waals surface area contributed by atoms with Crippen LogP contribution in [0, 0.1) is 6.92 Å². The fourth-order valence-corrected chi connectivity index (χ4v) is 3.34. The summed E-state index contributed by atoms with van der Waals surface area (Å²) >= 11 is 3.39. The van der Waals surface area contributed by atoms with Crippen LogP contribution in [0.25, 0.3) is 0 Å². The molecule has 0 aliphatic rings. The van der Waals surface area contributed by atoms with Gasteiger partial charge >= 0.3 is 0 Å². The van der Waals surface area contributed by atoms with Crippen LogP contribution >= 0.6 is 15.9 Å². The molecule has 0 bridgehead atoms. The fraction of sp³-hybridized carbons (Fsp3) is 0.143. The highest BCUT2D eigenvalue weighted by molar-refractivity contribution is 9.10. The Morgan fingerprint density at radius 1 is 1.05 bits per heavy atom. The summed E-state index contributed by atoms with van der Waals surface area (Å²) in [6.07, 6.45) is 0. The lowest BCUT2D eigenvalue weighted by Crippen LogP contribution is -2.15. The molecule has 0 radical (unpaired) electrons. The molecule has 5 heteroatoms. The van der Waals surface area contributed by atoms with Crippen LogP contribution in [0.15, 0.2) is 53.0 Å². The van der Waals surface area contributed by atoms with E-state index in [1.807, 2.05) is 31.2 Å². The molecule has 0 aromatic heterocycles. The number of rotatable bonds is 4. The lowest BCUT2D eigenvalue weighted by atomic mass is 10.2. The summed E-state index contributed by atoms with van der Waals surface area (Å²) < 4.78 is 27.7. The molecule has 19 heavy (non-hydrogen) atoms. The maximum absolute atomic E-state index is 12.1. The maximum Gasteiger partial charge on any atom is 0.236 e. The summed E-state index contributed by atoms with van der Waals surface area (Å²) in [5.74, 6) is -0.0280. The zero-order chi connectivity index (χ0) is 13.9. The number of nitrogens with one attached hydrogen (secondary N) is 1. The standard InChI is InChI=1S/C14H14BrNO2S/c1-11-13(15)8-5-9-14(11)16-19(17,18)10-12-6-3-2-4-7-12/h2-9,16H,10H2,1H3. The largest absolute Gasteiger partial charge is 0.283 e. The van der Waals surface area contributed by atoms with E-state index in [9.17, 15) is 8.42 Å². The molecular weight excluding hydrogens is 326 g/mol. The van der Waals surface area contributed by atoms with E-state index >= 15 is 0 Å². The monoisotopic (exact) mass is 339 g/mol.